The van der Waals surface area contributed by atoms with Gasteiger partial charge in [-0.05, 0) is 24.5 Å². The monoisotopic (exact) mass is 308 g/mol. The molecule has 1 aromatic carbocycles. The van der Waals surface area contributed by atoms with Gasteiger partial charge in [0.05, 0.1) is 24.0 Å². The predicted octanol–water partition coefficient (Wildman–Crippen LogP) is 1.62. The van der Waals surface area contributed by atoms with Crippen LogP contribution in [0, 0.1) is 11.3 Å². The Labute approximate surface area is 125 Å². The van der Waals surface area contributed by atoms with Gasteiger partial charge in [0.1, 0.15) is 0 Å². The van der Waals surface area contributed by atoms with Gasteiger partial charge in [-0.25, -0.2) is 8.42 Å². The Morgan fingerprint density at radius 3 is 2.76 bits per heavy atom. The maximum Gasteiger partial charge on any atom is 0.218 e. The fraction of sp³-hybridized carbons (Fsp3) is 0.533. The van der Waals surface area contributed by atoms with Crippen LogP contribution in [0.2, 0.25) is 0 Å². The molecule has 0 aliphatic carbocycles. The standard InChI is InChI=1S/C15H20N2O3S/c16-10-13-6-3-4-7-14(13)12-21(19,20)17-9-5-1-2-8-15(17)11-18/h3-4,6-7,15,18H,1-2,5,8-9,11-12H2. The summed E-state index contributed by atoms with van der Waals surface area (Å²) in [6, 6.07) is 8.43. The molecule has 1 heterocycles. The summed E-state index contributed by atoms with van der Waals surface area (Å²) < 4.78 is 26.7. The Bertz CT molecular complexity index is 622. The number of hydrogen-bond acceptors (Lipinski definition) is 4. The highest BCUT2D eigenvalue weighted by Gasteiger charge is 2.31. The minimum atomic E-state index is -3.53. The van der Waals surface area contributed by atoms with Crippen LogP contribution in [0.3, 0.4) is 0 Å². The molecule has 2 rings (SSSR count). The number of rotatable bonds is 4. The first-order valence-electron chi connectivity index (χ1n) is 7.17. The third-order valence-electron chi connectivity index (χ3n) is 3.87. The first kappa shape index (κ1) is 16.0. The second-order valence-electron chi connectivity index (χ2n) is 5.32. The molecule has 0 radical (unpaired) electrons. The van der Waals surface area contributed by atoms with Gasteiger partial charge in [0.2, 0.25) is 10.0 Å². The van der Waals surface area contributed by atoms with E-state index < -0.39 is 10.0 Å². The van der Waals surface area contributed by atoms with Crippen molar-refractivity contribution in [2.75, 3.05) is 13.2 Å². The van der Waals surface area contributed by atoms with Crippen molar-refractivity contribution in [3.8, 4) is 6.07 Å². The van der Waals surface area contributed by atoms with Gasteiger partial charge in [0.25, 0.3) is 0 Å². The summed E-state index contributed by atoms with van der Waals surface area (Å²) in [4.78, 5) is 0. The molecule has 21 heavy (non-hydrogen) atoms. The van der Waals surface area contributed by atoms with Gasteiger partial charge in [-0.15, -0.1) is 0 Å². The van der Waals surface area contributed by atoms with E-state index in [9.17, 15) is 13.5 Å². The molecule has 114 valence electrons. The molecule has 1 fully saturated rings. The van der Waals surface area contributed by atoms with Crippen LogP contribution >= 0.6 is 0 Å². The summed E-state index contributed by atoms with van der Waals surface area (Å²) >= 11 is 0. The zero-order valence-corrected chi connectivity index (χ0v) is 12.7. The second-order valence-corrected chi connectivity index (χ2v) is 7.24. The lowest BCUT2D eigenvalue weighted by molar-refractivity contribution is 0.186. The molecule has 1 aromatic rings. The number of nitriles is 1. The fourth-order valence-electron chi connectivity index (χ4n) is 2.73. The Balaban J connectivity index is 2.26. The number of sulfonamides is 1. The molecule has 1 atom stereocenters. The van der Waals surface area contributed by atoms with E-state index in [0.717, 1.165) is 19.3 Å². The molecule has 1 saturated heterocycles. The first-order chi connectivity index (χ1) is 10.1. The van der Waals surface area contributed by atoms with Crippen LogP contribution < -0.4 is 0 Å². The lowest BCUT2D eigenvalue weighted by atomic mass is 10.1. The van der Waals surface area contributed by atoms with Crippen molar-refractivity contribution in [2.24, 2.45) is 0 Å². The van der Waals surface area contributed by atoms with Gasteiger partial charge in [-0.3, -0.25) is 0 Å². The number of nitrogens with zero attached hydrogens (tertiary/aromatic N) is 2. The van der Waals surface area contributed by atoms with Crippen LogP contribution in [0.15, 0.2) is 24.3 Å². The summed E-state index contributed by atoms with van der Waals surface area (Å²) in [6.07, 6.45) is 3.43. The highest BCUT2D eigenvalue weighted by atomic mass is 32.2. The van der Waals surface area contributed by atoms with Crippen molar-refractivity contribution in [3.05, 3.63) is 35.4 Å². The third-order valence-corrected chi connectivity index (χ3v) is 5.74. The normalized spacial score (nSPS) is 20.7. The minimum absolute atomic E-state index is 0.154. The molecule has 1 aliphatic heterocycles. The largest absolute Gasteiger partial charge is 0.395 e. The average molecular weight is 308 g/mol. The molecular formula is C15H20N2O3S. The fourth-order valence-corrected chi connectivity index (χ4v) is 4.58. The Morgan fingerprint density at radius 2 is 2.05 bits per heavy atom. The van der Waals surface area contributed by atoms with Crippen molar-refractivity contribution >= 4 is 10.0 Å². The average Bonchev–Trinajstić information content (AvgIpc) is 2.73. The number of aliphatic hydroxyl groups is 1. The van der Waals surface area contributed by atoms with Gasteiger partial charge in [-0.2, -0.15) is 9.57 Å². The molecule has 1 N–H and O–H groups in total. The second kappa shape index (κ2) is 7.03. The number of benzene rings is 1. The predicted molar refractivity (Wildman–Crippen MR) is 79.8 cm³/mol. The topological polar surface area (TPSA) is 81.4 Å². The summed E-state index contributed by atoms with van der Waals surface area (Å²) in [7, 11) is -3.53. The molecule has 1 aliphatic rings. The number of hydrogen-bond donors (Lipinski definition) is 1. The summed E-state index contributed by atoms with van der Waals surface area (Å²) in [5, 5.41) is 18.5. The van der Waals surface area contributed by atoms with Gasteiger partial charge in [-0.1, -0.05) is 31.0 Å². The Morgan fingerprint density at radius 1 is 1.29 bits per heavy atom. The highest BCUT2D eigenvalue weighted by molar-refractivity contribution is 7.88. The lowest BCUT2D eigenvalue weighted by Crippen LogP contribution is -2.42. The lowest BCUT2D eigenvalue weighted by Gasteiger charge is -2.27. The molecule has 1 unspecified atom stereocenters. The van der Waals surface area contributed by atoms with Crippen LogP contribution in [-0.4, -0.2) is 37.0 Å². The van der Waals surface area contributed by atoms with Gasteiger partial charge in [0, 0.05) is 12.6 Å². The molecule has 0 saturated carbocycles. The highest BCUT2D eigenvalue weighted by Crippen LogP contribution is 2.23. The summed E-state index contributed by atoms with van der Waals surface area (Å²) in [5.41, 5.74) is 0.900. The van der Waals surface area contributed by atoms with E-state index in [1.165, 1.54) is 4.31 Å². The molecule has 0 bridgehead atoms. The van der Waals surface area contributed by atoms with Crippen molar-refractivity contribution < 1.29 is 13.5 Å². The van der Waals surface area contributed by atoms with Crippen LogP contribution in [0.1, 0.15) is 36.8 Å². The van der Waals surface area contributed by atoms with E-state index in [1.54, 1.807) is 24.3 Å². The quantitative estimate of drug-likeness (QED) is 0.916. The SMILES string of the molecule is N#Cc1ccccc1CS(=O)(=O)N1CCCCCC1CO. The zero-order chi connectivity index (χ0) is 15.3. The maximum atomic E-state index is 12.7. The van der Waals surface area contributed by atoms with Crippen LogP contribution in [0.5, 0.6) is 0 Å². The smallest absolute Gasteiger partial charge is 0.218 e. The van der Waals surface area contributed by atoms with Crippen molar-refractivity contribution in [1.29, 1.82) is 5.26 Å². The molecular weight excluding hydrogens is 288 g/mol. The summed E-state index contributed by atoms with van der Waals surface area (Å²) in [6.45, 7) is 0.293. The molecule has 5 nitrogen and oxygen atoms in total. The van der Waals surface area contributed by atoms with E-state index in [-0.39, 0.29) is 18.4 Å². The van der Waals surface area contributed by atoms with Gasteiger partial charge < -0.3 is 5.11 Å². The minimum Gasteiger partial charge on any atom is -0.395 e. The van der Waals surface area contributed by atoms with E-state index in [0.29, 0.717) is 24.1 Å². The molecule has 0 aromatic heterocycles. The molecule has 0 amide bonds. The van der Waals surface area contributed by atoms with Crippen LogP contribution in [-0.2, 0) is 15.8 Å². The third kappa shape index (κ3) is 3.82. The van der Waals surface area contributed by atoms with E-state index in [2.05, 4.69) is 0 Å². The maximum absolute atomic E-state index is 12.7. The van der Waals surface area contributed by atoms with Gasteiger partial charge in [0.15, 0.2) is 0 Å². The van der Waals surface area contributed by atoms with Crippen LogP contribution in [0.4, 0.5) is 0 Å². The Hall–Kier alpha value is -1.42. The van der Waals surface area contributed by atoms with Crippen LogP contribution in [0.25, 0.3) is 0 Å². The van der Waals surface area contributed by atoms with Crippen molar-refractivity contribution in [1.82, 2.24) is 4.31 Å². The molecule has 0 spiro atoms. The van der Waals surface area contributed by atoms with Crippen molar-refractivity contribution in [2.45, 2.75) is 37.5 Å². The van der Waals surface area contributed by atoms with E-state index in [1.807, 2.05) is 6.07 Å². The summed E-state index contributed by atoms with van der Waals surface area (Å²) in [5.74, 6) is -0.187. The number of aliphatic hydroxyl groups excluding tert-OH is 1. The Kier molecular flexibility index (Phi) is 5.34. The van der Waals surface area contributed by atoms with Crippen molar-refractivity contribution in [3.63, 3.8) is 0 Å². The zero-order valence-electron chi connectivity index (χ0n) is 11.9. The van der Waals surface area contributed by atoms with E-state index >= 15 is 0 Å². The van der Waals surface area contributed by atoms with E-state index in [4.69, 9.17) is 5.26 Å². The molecule has 6 heteroatoms. The first-order valence-corrected chi connectivity index (χ1v) is 8.78. The van der Waals surface area contributed by atoms with Gasteiger partial charge >= 0.3 is 0 Å².